The van der Waals surface area contributed by atoms with Crippen LogP contribution in [0.1, 0.15) is 24.2 Å². The van der Waals surface area contributed by atoms with Gasteiger partial charge in [-0.2, -0.15) is 0 Å². The molecule has 0 amide bonds. The van der Waals surface area contributed by atoms with Crippen molar-refractivity contribution in [2.24, 2.45) is 0 Å². The predicted octanol–water partition coefficient (Wildman–Crippen LogP) is 4.01. The number of halogens is 1. The lowest BCUT2D eigenvalue weighted by molar-refractivity contribution is 0.209. The second kappa shape index (κ2) is 7.21. The maximum absolute atomic E-state index is 13.4. The lowest BCUT2D eigenvalue weighted by Crippen LogP contribution is -2.55. The van der Waals surface area contributed by atoms with E-state index in [4.69, 9.17) is 0 Å². The Morgan fingerprint density at radius 3 is 2.93 bits per heavy atom. The average Bonchev–Trinajstić information content (AvgIpc) is 3.02. The summed E-state index contributed by atoms with van der Waals surface area (Å²) in [6, 6.07) is 14.4. The third kappa shape index (κ3) is 3.18. The highest BCUT2D eigenvalue weighted by molar-refractivity contribution is 5.76. The SMILES string of the molecule is Cc1nc2cc(F)ccc2n1CCCN1CCN2c3ccccc3CCC2C1. The minimum absolute atomic E-state index is 0.218. The van der Waals surface area contributed by atoms with Gasteiger partial charge in [0.2, 0.25) is 0 Å². The molecule has 0 bridgehead atoms. The molecule has 5 heteroatoms. The van der Waals surface area contributed by atoms with Gasteiger partial charge in [0.1, 0.15) is 11.6 Å². The van der Waals surface area contributed by atoms with Crippen molar-refractivity contribution in [3.8, 4) is 0 Å². The van der Waals surface area contributed by atoms with Gasteiger partial charge in [-0.25, -0.2) is 9.37 Å². The Labute approximate surface area is 165 Å². The van der Waals surface area contributed by atoms with Gasteiger partial charge < -0.3 is 9.47 Å². The van der Waals surface area contributed by atoms with Crippen LogP contribution < -0.4 is 4.90 Å². The van der Waals surface area contributed by atoms with Crippen LogP contribution in [0.25, 0.3) is 11.0 Å². The van der Waals surface area contributed by atoms with Crippen molar-refractivity contribution in [2.75, 3.05) is 31.1 Å². The summed E-state index contributed by atoms with van der Waals surface area (Å²) in [6.07, 6.45) is 3.54. The van der Waals surface area contributed by atoms with Gasteiger partial charge in [0.25, 0.3) is 0 Å². The molecule has 2 aromatic carbocycles. The number of aromatic nitrogens is 2. The molecule has 2 aliphatic heterocycles. The first-order valence-corrected chi connectivity index (χ1v) is 10.4. The summed E-state index contributed by atoms with van der Waals surface area (Å²) in [4.78, 5) is 9.75. The van der Waals surface area contributed by atoms with Crippen LogP contribution in [-0.4, -0.2) is 46.7 Å². The van der Waals surface area contributed by atoms with Crippen molar-refractivity contribution >= 4 is 16.7 Å². The van der Waals surface area contributed by atoms with Crippen molar-refractivity contribution < 1.29 is 4.39 Å². The third-order valence-electron chi connectivity index (χ3n) is 6.37. The molecule has 1 saturated heterocycles. The van der Waals surface area contributed by atoms with Crippen molar-refractivity contribution in [1.82, 2.24) is 14.5 Å². The Morgan fingerprint density at radius 1 is 1.11 bits per heavy atom. The van der Waals surface area contributed by atoms with Gasteiger partial charge in [-0.3, -0.25) is 4.90 Å². The molecule has 0 N–H and O–H groups in total. The molecule has 4 nitrogen and oxygen atoms in total. The van der Waals surface area contributed by atoms with Crippen LogP contribution >= 0.6 is 0 Å². The van der Waals surface area contributed by atoms with E-state index in [9.17, 15) is 4.39 Å². The lowest BCUT2D eigenvalue weighted by Gasteiger charge is -2.46. The Balaban J connectivity index is 1.21. The van der Waals surface area contributed by atoms with E-state index in [1.54, 1.807) is 0 Å². The van der Waals surface area contributed by atoms with Crippen LogP contribution in [0.4, 0.5) is 10.1 Å². The summed E-state index contributed by atoms with van der Waals surface area (Å²) in [5.41, 5.74) is 4.75. The van der Waals surface area contributed by atoms with Gasteiger partial charge in [-0.05, 0) is 56.5 Å². The van der Waals surface area contributed by atoms with E-state index in [-0.39, 0.29) is 5.82 Å². The van der Waals surface area contributed by atoms with Crippen LogP contribution in [0.2, 0.25) is 0 Å². The molecule has 3 aromatic rings. The number of hydrogen-bond acceptors (Lipinski definition) is 3. The van der Waals surface area contributed by atoms with Gasteiger partial charge in [0, 0.05) is 44.0 Å². The normalized spacial score (nSPS) is 19.6. The molecule has 5 rings (SSSR count). The van der Waals surface area contributed by atoms with Crippen LogP contribution in [0.5, 0.6) is 0 Å². The Bertz CT molecular complexity index is 995. The van der Waals surface area contributed by atoms with Crippen LogP contribution in [0, 0.1) is 12.7 Å². The highest BCUT2D eigenvalue weighted by Crippen LogP contribution is 2.32. The summed E-state index contributed by atoms with van der Waals surface area (Å²) in [5, 5.41) is 0. The molecule has 0 radical (unpaired) electrons. The number of para-hydroxylation sites is 1. The first-order chi connectivity index (χ1) is 13.7. The number of nitrogens with zero attached hydrogens (tertiary/aromatic N) is 4. The third-order valence-corrected chi connectivity index (χ3v) is 6.37. The molecule has 28 heavy (non-hydrogen) atoms. The fraction of sp³-hybridized carbons (Fsp3) is 0.435. The van der Waals surface area contributed by atoms with Crippen LogP contribution in [-0.2, 0) is 13.0 Å². The maximum Gasteiger partial charge on any atom is 0.125 e. The summed E-state index contributed by atoms with van der Waals surface area (Å²) >= 11 is 0. The fourth-order valence-electron chi connectivity index (χ4n) is 4.97. The van der Waals surface area contributed by atoms with E-state index >= 15 is 0 Å². The van der Waals surface area contributed by atoms with E-state index in [1.165, 1.54) is 36.2 Å². The number of hydrogen-bond donors (Lipinski definition) is 0. The van der Waals surface area contributed by atoms with E-state index in [2.05, 4.69) is 43.6 Å². The quantitative estimate of drug-likeness (QED) is 0.686. The number of imidazole rings is 1. The van der Waals surface area contributed by atoms with E-state index < -0.39 is 0 Å². The summed E-state index contributed by atoms with van der Waals surface area (Å²) in [5.74, 6) is 0.749. The zero-order valence-corrected chi connectivity index (χ0v) is 16.4. The first-order valence-electron chi connectivity index (χ1n) is 10.4. The Hall–Kier alpha value is -2.40. The van der Waals surface area contributed by atoms with Crippen molar-refractivity contribution in [2.45, 2.75) is 38.8 Å². The van der Waals surface area contributed by atoms with Crippen molar-refractivity contribution in [1.29, 1.82) is 0 Å². The van der Waals surface area contributed by atoms with E-state index in [0.717, 1.165) is 56.0 Å². The fourth-order valence-corrected chi connectivity index (χ4v) is 4.97. The van der Waals surface area contributed by atoms with E-state index in [0.29, 0.717) is 6.04 Å². The van der Waals surface area contributed by atoms with Crippen LogP contribution in [0.3, 0.4) is 0 Å². The van der Waals surface area contributed by atoms with Crippen LogP contribution in [0.15, 0.2) is 42.5 Å². The molecule has 146 valence electrons. The monoisotopic (exact) mass is 378 g/mol. The van der Waals surface area contributed by atoms with Crippen molar-refractivity contribution in [3.05, 3.63) is 59.7 Å². The smallest absolute Gasteiger partial charge is 0.125 e. The number of piperazine rings is 1. The average molecular weight is 378 g/mol. The molecule has 0 aliphatic carbocycles. The summed E-state index contributed by atoms with van der Waals surface area (Å²) in [7, 11) is 0. The number of aryl methyl sites for hydroxylation is 3. The van der Waals surface area contributed by atoms with Gasteiger partial charge in [-0.15, -0.1) is 0 Å². The number of rotatable bonds is 4. The minimum Gasteiger partial charge on any atom is -0.366 e. The maximum atomic E-state index is 13.4. The molecule has 1 fully saturated rings. The highest BCUT2D eigenvalue weighted by Gasteiger charge is 2.31. The Kier molecular flexibility index (Phi) is 4.55. The summed E-state index contributed by atoms with van der Waals surface area (Å²) in [6.45, 7) is 7.45. The predicted molar refractivity (Wildman–Crippen MR) is 111 cm³/mol. The molecular weight excluding hydrogens is 351 g/mol. The highest BCUT2D eigenvalue weighted by atomic mass is 19.1. The lowest BCUT2D eigenvalue weighted by atomic mass is 9.94. The molecule has 3 heterocycles. The standard InChI is InChI=1S/C23H27FN4/c1-17-25-21-15-19(24)8-10-23(21)27(17)12-4-11-26-13-14-28-20(16-26)9-7-18-5-2-3-6-22(18)28/h2-3,5-6,8,10,15,20H,4,7,9,11-14,16H2,1H3. The second-order valence-electron chi connectivity index (χ2n) is 8.11. The summed E-state index contributed by atoms with van der Waals surface area (Å²) < 4.78 is 15.7. The minimum atomic E-state index is -0.218. The topological polar surface area (TPSA) is 24.3 Å². The molecule has 0 saturated carbocycles. The largest absolute Gasteiger partial charge is 0.366 e. The van der Waals surface area contributed by atoms with Gasteiger partial charge in [0.05, 0.1) is 11.0 Å². The first kappa shape index (κ1) is 17.7. The van der Waals surface area contributed by atoms with Gasteiger partial charge in [-0.1, -0.05) is 18.2 Å². The van der Waals surface area contributed by atoms with E-state index in [1.807, 2.05) is 13.0 Å². The van der Waals surface area contributed by atoms with Crippen molar-refractivity contribution in [3.63, 3.8) is 0 Å². The second-order valence-corrected chi connectivity index (χ2v) is 8.11. The molecule has 1 atom stereocenters. The molecule has 1 aromatic heterocycles. The number of benzene rings is 2. The Morgan fingerprint density at radius 2 is 2.00 bits per heavy atom. The van der Waals surface area contributed by atoms with Gasteiger partial charge in [0.15, 0.2) is 0 Å². The zero-order valence-electron chi connectivity index (χ0n) is 16.4. The number of anilines is 1. The molecular formula is C23H27FN4. The van der Waals surface area contributed by atoms with Gasteiger partial charge >= 0.3 is 0 Å². The number of fused-ring (bicyclic) bond motifs is 4. The molecule has 1 unspecified atom stereocenters. The zero-order chi connectivity index (χ0) is 19.1. The molecule has 2 aliphatic rings. The molecule has 0 spiro atoms.